The summed E-state index contributed by atoms with van der Waals surface area (Å²) in [4.78, 5) is 41.9. The number of aliphatic carboxylic acids is 2. The van der Waals surface area contributed by atoms with Gasteiger partial charge in [0.2, 0.25) is 0 Å². The molecule has 0 aliphatic carbocycles. The molecule has 0 aromatic rings. The average molecular weight is 234 g/mol. The van der Waals surface area contributed by atoms with Crippen LogP contribution in [0.5, 0.6) is 0 Å². The summed E-state index contributed by atoms with van der Waals surface area (Å²) >= 11 is 0. The van der Waals surface area contributed by atoms with Crippen LogP contribution in [0.3, 0.4) is 0 Å². The maximum absolute atomic E-state index is 11.1. The fraction of sp³-hybridized carbons (Fsp3) is 0.429. The highest BCUT2D eigenvalue weighted by Crippen LogP contribution is 1.99. The molecule has 0 rings (SSSR count). The van der Waals surface area contributed by atoms with Crippen molar-refractivity contribution < 1.29 is 34.6 Å². The van der Waals surface area contributed by atoms with Crippen LogP contribution in [0.15, 0.2) is 0 Å². The molecule has 0 saturated carbocycles. The first-order valence-electron chi connectivity index (χ1n) is 4.04. The molecule has 9 nitrogen and oxygen atoms in total. The van der Waals surface area contributed by atoms with Crippen LogP contribution in [-0.2, 0) is 19.2 Å². The number of carbonyl (C=O) groups excluding carboxylic acids is 2. The Labute approximate surface area is 89.0 Å². The Kier molecular flexibility index (Phi) is 5.06. The van der Waals surface area contributed by atoms with Gasteiger partial charge in [0.15, 0.2) is 0 Å². The molecular formula is C7H10N2O7. The second-order valence-electron chi connectivity index (χ2n) is 2.80. The first-order valence-corrected chi connectivity index (χ1v) is 4.04. The summed E-state index contributed by atoms with van der Waals surface area (Å²) in [6, 6.07) is -1.45. The lowest BCUT2D eigenvalue weighted by atomic mass is 10.1. The molecule has 0 aliphatic rings. The van der Waals surface area contributed by atoms with E-state index in [4.69, 9.17) is 21.2 Å². The largest absolute Gasteiger partial charge is 0.481 e. The number of hydrogen-bond acceptors (Lipinski definition) is 6. The molecule has 0 fully saturated rings. The summed E-state index contributed by atoms with van der Waals surface area (Å²) in [5.41, 5.74) is 5.14. The monoisotopic (exact) mass is 234 g/mol. The van der Waals surface area contributed by atoms with Gasteiger partial charge in [0.25, 0.3) is 5.91 Å². The SMILES string of the molecule is N[C@@H](CCC(=O)O)C(=O)N(O)C(=O)C(=O)O. The molecule has 5 N–H and O–H groups in total. The van der Waals surface area contributed by atoms with E-state index in [0.717, 1.165) is 0 Å². The number of carboxylic acid groups (broad SMARTS) is 2. The van der Waals surface area contributed by atoms with Crippen molar-refractivity contribution in [3.8, 4) is 0 Å². The summed E-state index contributed by atoms with van der Waals surface area (Å²) in [6.45, 7) is 0. The van der Waals surface area contributed by atoms with Gasteiger partial charge in [-0.1, -0.05) is 0 Å². The van der Waals surface area contributed by atoms with E-state index in [1.54, 1.807) is 0 Å². The van der Waals surface area contributed by atoms with E-state index in [-0.39, 0.29) is 6.42 Å². The number of hydroxylamine groups is 2. The summed E-state index contributed by atoms with van der Waals surface area (Å²) in [5.74, 6) is -6.46. The second kappa shape index (κ2) is 5.78. The van der Waals surface area contributed by atoms with Gasteiger partial charge in [0.1, 0.15) is 0 Å². The first kappa shape index (κ1) is 14.0. The standard InChI is InChI=1S/C7H10N2O7/c8-3(1-2-4(10)11)5(12)9(16)6(13)7(14)15/h3,16H,1-2,8H2,(H,10,11)(H,14,15)/t3-/m0/s1. The van der Waals surface area contributed by atoms with E-state index in [1.165, 1.54) is 0 Å². The number of nitrogens with two attached hydrogens (primary N) is 1. The van der Waals surface area contributed by atoms with E-state index >= 15 is 0 Å². The topological polar surface area (TPSA) is 158 Å². The van der Waals surface area contributed by atoms with Crippen molar-refractivity contribution in [2.24, 2.45) is 5.73 Å². The van der Waals surface area contributed by atoms with Crippen LogP contribution in [0.4, 0.5) is 0 Å². The molecule has 2 amide bonds. The molecule has 0 saturated heterocycles. The normalized spacial score (nSPS) is 11.6. The number of rotatable bonds is 4. The lowest BCUT2D eigenvalue weighted by Crippen LogP contribution is -2.47. The molecule has 0 heterocycles. The molecule has 0 spiro atoms. The Morgan fingerprint density at radius 1 is 1.19 bits per heavy atom. The van der Waals surface area contributed by atoms with Crippen molar-refractivity contribution in [1.29, 1.82) is 0 Å². The fourth-order valence-electron chi connectivity index (χ4n) is 0.750. The molecule has 0 bridgehead atoms. The average Bonchev–Trinajstić information content (AvgIpc) is 2.22. The zero-order valence-electron chi connectivity index (χ0n) is 7.99. The van der Waals surface area contributed by atoms with Crippen molar-refractivity contribution in [1.82, 2.24) is 5.06 Å². The van der Waals surface area contributed by atoms with Gasteiger partial charge in [0.05, 0.1) is 6.04 Å². The minimum atomic E-state index is -2.03. The summed E-state index contributed by atoms with van der Waals surface area (Å²) in [6.07, 6.45) is -0.764. The van der Waals surface area contributed by atoms with Gasteiger partial charge in [-0.3, -0.25) is 19.6 Å². The molecule has 0 radical (unpaired) electrons. The smallest absolute Gasteiger partial charge is 0.397 e. The number of hydrogen-bond donors (Lipinski definition) is 4. The molecule has 9 heteroatoms. The Balaban J connectivity index is 4.38. The first-order chi connectivity index (χ1) is 7.27. The summed E-state index contributed by atoms with van der Waals surface area (Å²) in [7, 11) is 0. The van der Waals surface area contributed by atoms with Crippen LogP contribution < -0.4 is 5.73 Å². The predicted molar refractivity (Wildman–Crippen MR) is 46.1 cm³/mol. The third kappa shape index (κ3) is 4.02. The van der Waals surface area contributed by atoms with Gasteiger partial charge in [-0.25, -0.2) is 4.79 Å². The lowest BCUT2D eigenvalue weighted by Gasteiger charge is -2.14. The van der Waals surface area contributed by atoms with Crippen LogP contribution in [0.2, 0.25) is 0 Å². The molecule has 16 heavy (non-hydrogen) atoms. The van der Waals surface area contributed by atoms with Crippen molar-refractivity contribution in [2.45, 2.75) is 18.9 Å². The van der Waals surface area contributed by atoms with E-state index in [0.29, 0.717) is 0 Å². The molecule has 90 valence electrons. The summed E-state index contributed by atoms with van der Waals surface area (Å²) in [5, 5.41) is 24.6. The Morgan fingerprint density at radius 2 is 1.69 bits per heavy atom. The van der Waals surface area contributed by atoms with Crippen molar-refractivity contribution in [3.05, 3.63) is 0 Å². The van der Waals surface area contributed by atoms with Gasteiger partial charge in [-0.2, -0.15) is 0 Å². The highest BCUT2D eigenvalue weighted by atomic mass is 16.5. The van der Waals surface area contributed by atoms with E-state index in [2.05, 4.69) is 0 Å². The van der Waals surface area contributed by atoms with E-state index in [1.807, 2.05) is 0 Å². The van der Waals surface area contributed by atoms with Crippen LogP contribution >= 0.6 is 0 Å². The fourth-order valence-corrected chi connectivity index (χ4v) is 0.750. The quantitative estimate of drug-likeness (QED) is 0.247. The Bertz CT molecular complexity index is 327. The third-order valence-electron chi connectivity index (χ3n) is 1.57. The van der Waals surface area contributed by atoms with Crippen LogP contribution in [0.1, 0.15) is 12.8 Å². The number of amides is 2. The molecule has 0 aromatic carbocycles. The van der Waals surface area contributed by atoms with Crippen LogP contribution in [0, 0.1) is 0 Å². The Hall–Kier alpha value is -2.00. The lowest BCUT2D eigenvalue weighted by molar-refractivity contribution is -0.186. The van der Waals surface area contributed by atoms with Crippen molar-refractivity contribution >= 4 is 23.8 Å². The van der Waals surface area contributed by atoms with Crippen molar-refractivity contribution in [3.63, 3.8) is 0 Å². The minimum absolute atomic E-state index is 0.321. The third-order valence-corrected chi connectivity index (χ3v) is 1.57. The maximum Gasteiger partial charge on any atom is 0.397 e. The second-order valence-corrected chi connectivity index (χ2v) is 2.80. The molecule has 0 unspecified atom stereocenters. The number of nitrogens with zero attached hydrogens (tertiary/aromatic N) is 1. The van der Waals surface area contributed by atoms with Gasteiger partial charge < -0.3 is 15.9 Å². The Morgan fingerprint density at radius 3 is 2.06 bits per heavy atom. The van der Waals surface area contributed by atoms with Gasteiger partial charge in [0, 0.05) is 6.42 Å². The van der Waals surface area contributed by atoms with Gasteiger partial charge >= 0.3 is 17.8 Å². The molecular weight excluding hydrogens is 224 g/mol. The van der Waals surface area contributed by atoms with E-state index in [9.17, 15) is 19.2 Å². The molecule has 0 aromatic heterocycles. The van der Waals surface area contributed by atoms with Crippen molar-refractivity contribution in [2.75, 3.05) is 0 Å². The number of carbonyl (C=O) groups is 4. The predicted octanol–water partition coefficient (Wildman–Crippen LogP) is -1.99. The molecule has 0 aliphatic heterocycles. The van der Waals surface area contributed by atoms with Crippen LogP contribution in [-0.4, -0.2) is 50.3 Å². The minimum Gasteiger partial charge on any atom is -0.481 e. The molecule has 1 atom stereocenters. The van der Waals surface area contributed by atoms with Crippen LogP contribution in [0.25, 0.3) is 0 Å². The van der Waals surface area contributed by atoms with Gasteiger partial charge in [-0.15, -0.1) is 5.06 Å². The highest BCUT2D eigenvalue weighted by molar-refractivity contribution is 6.34. The zero-order valence-corrected chi connectivity index (χ0v) is 7.99. The number of imide groups is 1. The zero-order chi connectivity index (χ0) is 12.9. The summed E-state index contributed by atoms with van der Waals surface area (Å²) < 4.78 is 0. The van der Waals surface area contributed by atoms with E-state index < -0.39 is 41.3 Å². The van der Waals surface area contributed by atoms with Gasteiger partial charge in [-0.05, 0) is 6.42 Å². The highest BCUT2D eigenvalue weighted by Gasteiger charge is 2.29. The number of carboxylic acids is 2. The maximum atomic E-state index is 11.1.